The fourth-order valence-corrected chi connectivity index (χ4v) is 4.16. The second-order valence-electron chi connectivity index (χ2n) is 6.96. The van der Waals surface area contributed by atoms with Crippen LogP contribution in [0, 0.1) is 6.92 Å². The highest BCUT2D eigenvalue weighted by Gasteiger charge is 2.19. The average Bonchev–Trinajstić information content (AvgIpc) is 3.07. The van der Waals surface area contributed by atoms with Crippen LogP contribution in [0.5, 0.6) is 5.75 Å². The van der Waals surface area contributed by atoms with Gasteiger partial charge in [-0.05, 0) is 37.3 Å². The molecule has 3 aromatic rings. The maximum absolute atomic E-state index is 5.93. The first-order chi connectivity index (χ1) is 13.6. The van der Waals surface area contributed by atoms with Crippen molar-refractivity contribution in [3.63, 3.8) is 0 Å². The number of hydrogen-bond donors (Lipinski definition) is 0. The van der Waals surface area contributed by atoms with Gasteiger partial charge in [-0.2, -0.15) is 0 Å². The smallest absolute Gasteiger partial charge is 0.119 e. The molecule has 1 aliphatic heterocycles. The number of hydrogen-bond acceptors (Lipinski definition) is 3. The molecule has 1 saturated heterocycles. The highest BCUT2D eigenvalue weighted by molar-refractivity contribution is 9.10. The van der Waals surface area contributed by atoms with Crippen LogP contribution in [0.15, 0.2) is 53.1 Å². The highest BCUT2D eigenvalue weighted by Crippen LogP contribution is 2.27. The number of nitrogens with zero attached hydrogens (tertiary/aromatic N) is 2. The molecule has 0 saturated carbocycles. The van der Waals surface area contributed by atoms with E-state index < -0.39 is 0 Å². The van der Waals surface area contributed by atoms with E-state index in [-0.39, 0.29) is 0 Å². The number of thiocarbonyl (C=S) groups is 1. The predicted octanol–water partition coefficient (Wildman–Crippen LogP) is 4.80. The Morgan fingerprint density at radius 3 is 2.64 bits per heavy atom. The Balaban J connectivity index is 1.56. The van der Waals surface area contributed by atoms with E-state index in [1.807, 2.05) is 12.1 Å². The van der Waals surface area contributed by atoms with E-state index in [0.717, 1.165) is 53.6 Å². The Hall–Kier alpha value is -1.89. The Morgan fingerprint density at radius 2 is 1.89 bits per heavy atom. The van der Waals surface area contributed by atoms with Crippen LogP contribution in [0.3, 0.4) is 0 Å². The van der Waals surface area contributed by atoms with E-state index >= 15 is 0 Å². The van der Waals surface area contributed by atoms with Crippen molar-refractivity contribution in [2.24, 2.45) is 0 Å². The summed E-state index contributed by atoms with van der Waals surface area (Å²) >= 11 is 9.44. The lowest BCUT2D eigenvalue weighted by Crippen LogP contribution is -2.40. The molecule has 4 nitrogen and oxygen atoms in total. The number of fused-ring (bicyclic) bond motifs is 1. The fraction of sp³-hybridized carbons (Fsp3) is 0.318. The van der Waals surface area contributed by atoms with E-state index in [9.17, 15) is 0 Å². The van der Waals surface area contributed by atoms with Gasteiger partial charge >= 0.3 is 0 Å². The van der Waals surface area contributed by atoms with Gasteiger partial charge in [0.25, 0.3) is 0 Å². The second kappa shape index (κ2) is 8.64. The molecule has 0 spiro atoms. The summed E-state index contributed by atoms with van der Waals surface area (Å²) in [6.45, 7) is 6.59. The van der Waals surface area contributed by atoms with E-state index in [1.165, 1.54) is 16.5 Å². The van der Waals surface area contributed by atoms with Gasteiger partial charge in [0.05, 0.1) is 19.8 Å². The van der Waals surface area contributed by atoms with Gasteiger partial charge in [-0.25, -0.2) is 0 Å². The summed E-state index contributed by atoms with van der Waals surface area (Å²) in [5.74, 6) is 0.897. The van der Waals surface area contributed by atoms with Crippen molar-refractivity contribution in [3.05, 3.63) is 64.3 Å². The average molecular weight is 459 g/mol. The first kappa shape index (κ1) is 19.4. The molecule has 0 radical (unpaired) electrons. The summed E-state index contributed by atoms with van der Waals surface area (Å²) in [5, 5.41) is 1.17. The van der Waals surface area contributed by atoms with Gasteiger partial charge in [-0.3, -0.25) is 0 Å². The first-order valence-electron chi connectivity index (χ1n) is 9.47. The van der Waals surface area contributed by atoms with Gasteiger partial charge in [-0.15, -0.1) is 0 Å². The largest absolute Gasteiger partial charge is 0.492 e. The molecule has 1 aromatic heterocycles. The maximum atomic E-state index is 5.93. The molecule has 0 bridgehead atoms. The number of rotatable bonds is 5. The minimum Gasteiger partial charge on any atom is -0.492 e. The number of ether oxygens (including phenoxy) is 2. The molecule has 6 heteroatoms. The van der Waals surface area contributed by atoms with Gasteiger partial charge in [0.1, 0.15) is 17.3 Å². The molecule has 146 valence electrons. The minimum atomic E-state index is 0.604. The van der Waals surface area contributed by atoms with Crippen LogP contribution in [0.4, 0.5) is 0 Å². The van der Waals surface area contributed by atoms with Crippen molar-refractivity contribution in [2.75, 3.05) is 32.9 Å². The van der Waals surface area contributed by atoms with E-state index in [1.54, 1.807) is 0 Å². The molecule has 0 atom stereocenters. The van der Waals surface area contributed by atoms with Crippen LogP contribution in [0.1, 0.15) is 11.1 Å². The van der Waals surface area contributed by atoms with Gasteiger partial charge < -0.3 is 18.9 Å². The topological polar surface area (TPSA) is 26.6 Å². The Morgan fingerprint density at radius 1 is 1.14 bits per heavy atom. The zero-order chi connectivity index (χ0) is 19.5. The Bertz CT molecular complexity index is 978. The quantitative estimate of drug-likeness (QED) is 0.513. The van der Waals surface area contributed by atoms with Gasteiger partial charge in [0.2, 0.25) is 0 Å². The van der Waals surface area contributed by atoms with E-state index in [0.29, 0.717) is 6.61 Å². The summed E-state index contributed by atoms with van der Waals surface area (Å²) in [5.41, 5.74) is 3.50. The predicted molar refractivity (Wildman–Crippen MR) is 120 cm³/mol. The van der Waals surface area contributed by atoms with Crippen molar-refractivity contribution in [3.8, 4) is 5.75 Å². The van der Waals surface area contributed by atoms with Crippen molar-refractivity contribution in [2.45, 2.75) is 13.5 Å². The van der Waals surface area contributed by atoms with E-state index in [4.69, 9.17) is 21.7 Å². The van der Waals surface area contributed by atoms with Crippen LogP contribution in [-0.4, -0.2) is 47.4 Å². The highest BCUT2D eigenvalue weighted by atomic mass is 79.9. The molecule has 2 aromatic carbocycles. The monoisotopic (exact) mass is 458 g/mol. The summed E-state index contributed by atoms with van der Waals surface area (Å²) in [4.78, 5) is 3.13. The van der Waals surface area contributed by atoms with Crippen molar-refractivity contribution < 1.29 is 9.47 Å². The van der Waals surface area contributed by atoms with Crippen molar-refractivity contribution in [1.29, 1.82) is 0 Å². The molecule has 4 rings (SSSR count). The molecular formula is C22H23BrN2O2S. The third-order valence-electron chi connectivity index (χ3n) is 4.99. The third-order valence-corrected chi connectivity index (χ3v) is 5.97. The van der Waals surface area contributed by atoms with Crippen molar-refractivity contribution in [1.82, 2.24) is 9.47 Å². The molecule has 1 aliphatic rings. The Kier molecular flexibility index (Phi) is 5.99. The molecule has 2 heterocycles. The van der Waals surface area contributed by atoms with E-state index in [2.05, 4.69) is 68.8 Å². The summed E-state index contributed by atoms with van der Waals surface area (Å²) in [6, 6.07) is 14.5. The summed E-state index contributed by atoms with van der Waals surface area (Å²) in [6.07, 6.45) is 2.16. The first-order valence-corrected chi connectivity index (χ1v) is 10.7. The molecule has 28 heavy (non-hydrogen) atoms. The van der Waals surface area contributed by atoms with Gasteiger partial charge in [0, 0.05) is 40.2 Å². The third kappa shape index (κ3) is 4.24. The summed E-state index contributed by atoms with van der Waals surface area (Å²) < 4.78 is 14.7. The van der Waals surface area contributed by atoms with Crippen LogP contribution >= 0.6 is 28.1 Å². The SMILES string of the molecule is Cc1ccc(OCCn2cc(C(=S)N3CCOCC3)c3cc(Br)ccc32)cc1. The van der Waals surface area contributed by atoms with Crippen LogP contribution in [-0.2, 0) is 11.3 Å². The van der Waals surface area contributed by atoms with Crippen LogP contribution < -0.4 is 4.74 Å². The van der Waals surface area contributed by atoms with Crippen LogP contribution in [0.2, 0.25) is 0 Å². The van der Waals surface area contributed by atoms with Crippen molar-refractivity contribution >= 4 is 44.0 Å². The standard InChI is InChI=1S/C22H23BrN2O2S/c1-16-2-5-18(6-3-16)27-13-10-25-15-20(19-14-17(23)4-7-21(19)25)22(28)24-8-11-26-12-9-24/h2-7,14-15H,8-13H2,1H3. The number of aromatic nitrogens is 1. The lowest BCUT2D eigenvalue weighted by Gasteiger charge is -2.29. The van der Waals surface area contributed by atoms with Crippen LogP contribution in [0.25, 0.3) is 10.9 Å². The van der Waals surface area contributed by atoms with Gasteiger partial charge in [-0.1, -0.05) is 45.8 Å². The maximum Gasteiger partial charge on any atom is 0.119 e. The zero-order valence-corrected chi connectivity index (χ0v) is 18.3. The molecule has 0 aliphatic carbocycles. The lowest BCUT2D eigenvalue weighted by molar-refractivity contribution is 0.0693. The molecule has 0 amide bonds. The fourth-order valence-electron chi connectivity index (χ4n) is 3.46. The van der Waals surface area contributed by atoms with Gasteiger partial charge in [0.15, 0.2) is 0 Å². The molecule has 1 fully saturated rings. The summed E-state index contributed by atoms with van der Waals surface area (Å²) in [7, 11) is 0. The zero-order valence-electron chi connectivity index (χ0n) is 15.9. The molecule has 0 unspecified atom stereocenters. The Labute approximate surface area is 179 Å². The molecular weight excluding hydrogens is 436 g/mol. The molecule has 0 N–H and O–H groups in total. The second-order valence-corrected chi connectivity index (χ2v) is 8.27. The number of benzene rings is 2. The normalized spacial score (nSPS) is 14.4. The number of morpholine rings is 1. The number of aryl methyl sites for hydroxylation is 1. The minimum absolute atomic E-state index is 0.604. The number of halogens is 1. The lowest BCUT2D eigenvalue weighted by atomic mass is 10.1.